The molecule has 0 unspecified atom stereocenters. The molecule has 0 amide bonds. The molecule has 0 aromatic heterocycles. The Balaban J connectivity index is 2.13. The van der Waals surface area contributed by atoms with Crippen LogP contribution in [0.1, 0.15) is 33.1 Å². The van der Waals surface area contributed by atoms with Gasteiger partial charge in [-0.1, -0.05) is 29.8 Å². The van der Waals surface area contributed by atoms with Gasteiger partial charge in [0.15, 0.2) is 0 Å². The zero-order valence-corrected chi connectivity index (χ0v) is 9.81. The summed E-state index contributed by atoms with van der Waals surface area (Å²) in [7, 11) is 0. The lowest BCUT2D eigenvalue weighted by atomic mass is 10.1. The third kappa shape index (κ3) is 3.90. The fourth-order valence-electron chi connectivity index (χ4n) is 1.45. The maximum atomic E-state index is 3.51. The van der Waals surface area contributed by atoms with Crippen LogP contribution in [0.5, 0.6) is 0 Å². The normalized spacial score (nSPS) is 17.8. The SMILES string of the molecule is CC(C)CCN(CCBr)C1CC1. The zero-order chi connectivity index (χ0) is 8.97. The van der Waals surface area contributed by atoms with Gasteiger partial charge in [-0.05, 0) is 31.7 Å². The average molecular weight is 234 g/mol. The summed E-state index contributed by atoms with van der Waals surface area (Å²) < 4.78 is 0. The van der Waals surface area contributed by atoms with E-state index in [0.29, 0.717) is 0 Å². The summed E-state index contributed by atoms with van der Waals surface area (Å²) in [5.74, 6) is 0.849. The number of nitrogens with zero attached hydrogens (tertiary/aromatic N) is 1. The molecule has 1 rings (SSSR count). The standard InChI is InChI=1S/C10H20BrN/c1-9(2)5-7-12(8-6-11)10-3-4-10/h9-10H,3-8H2,1-2H3. The van der Waals surface area contributed by atoms with E-state index < -0.39 is 0 Å². The Morgan fingerprint density at radius 2 is 2.00 bits per heavy atom. The molecule has 0 bridgehead atoms. The largest absolute Gasteiger partial charge is 0.300 e. The Morgan fingerprint density at radius 3 is 2.42 bits per heavy atom. The van der Waals surface area contributed by atoms with Crippen molar-refractivity contribution in [1.82, 2.24) is 4.90 Å². The highest BCUT2D eigenvalue weighted by Crippen LogP contribution is 2.27. The Labute approximate surface area is 84.6 Å². The van der Waals surface area contributed by atoms with Crippen molar-refractivity contribution >= 4 is 15.9 Å². The number of hydrogen-bond acceptors (Lipinski definition) is 1. The summed E-state index contributed by atoms with van der Waals surface area (Å²) in [6.07, 6.45) is 4.22. The molecule has 1 saturated carbocycles. The molecule has 2 heteroatoms. The van der Waals surface area contributed by atoms with Crippen LogP contribution in [0.4, 0.5) is 0 Å². The number of hydrogen-bond donors (Lipinski definition) is 0. The highest BCUT2D eigenvalue weighted by molar-refractivity contribution is 9.09. The molecule has 0 aromatic rings. The van der Waals surface area contributed by atoms with Crippen molar-refractivity contribution in [3.05, 3.63) is 0 Å². The molecule has 0 heterocycles. The Hall–Kier alpha value is 0.440. The van der Waals surface area contributed by atoms with Crippen molar-refractivity contribution in [3.8, 4) is 0 Å². The topological polar surface area (TPSA) is 3.24 Å². The first kappa shape index (κ1) is 10.5. The molecular formula is C10H20BrN. The van der Waals surface area contributed by atoms with Crippen LogP contribution in [0.3, 0.4) is 0 Å². The van der Waals surface area contributed by atoms with Crippen LogP contribution in [0, 0.1) is 5.92 Å². The third-order valence-electron chi connectivity index (χ3n) is 2.43. The van der Waals surface area contributed by atoms with Crippen LogP contribution in [-0.4, -0.2) is 29.4 Å². The van der Waals surface area contributed by atoms with Gasteiger partial charge in [0.25, 0.3) is 0 Å². The minimum Gasteiger partial charge on any atom is -0.300 e. The molecule has 1 nitrogen and oxygen atoms in total. The van der Waals surface area contributed by atoms with Gasteiger partial charge in [0, 0.05) is 17.9 Å². The van der Waals surface area contributed by atoms with E-state index in [1.165, 1.54) is 32.4 Å². The summed E-state index contributed by atoms with van der Waals surface area (Å²) in [4.78, 5) is 2.63. The lowest BCUT2D eigenvalue weighted by Crippen LogP contribution is -2.29. The molecule has 0 radical (unpaired) electrons. The van der Waals surface area contributed by atoms with Crippen LogP contribution >= 0.6 is 15.9 Å². The van der Waals surface area contributed by atoms with Gasteiger partial charge in [0.05, 0.1) is 0 Å². The van der Waals surface area contributed by atoms with Crippen molar-refractivity contribution in [2.45, 2.75) is 39.2 Å². The first-order valence-corrected chi connectivity index (χ1v) is 6.16. The molecule has 0 saturated heterocycles. The molecule has 1 aliphatic carbocycles. The minimum absolute atomic E-state index is 0.849. The Bertz CT molecular complexity index is 121. The Kier molecular flexibility index (Phi) is 4.59. The molecular weight excluding hydrogens is 214 g/mol. The number of rotatable bonds is 6. The fourth-order valence-corrected chi connectivity index (χ4v) is 1.90. The van der Waals surface area contributed by atoms with E-state index in [2.05, 4.69) is 34.7 Å². The highest BCUT2D eigenvalue weighted by atomic mass is 79.9. The molecule has 12 heavy (non-hydrogen) atoms. The van der Waals surface area contributed by atoms with Gasteiger partial charge in [-0.15, -0.1) is 0 Å². The van der Waals surface area contributed by atoms with Crippen LogP contribution in [0.2, 0.25) is 0 Å². The molecule has 1 fully saturated rings. The van der Waals surface area contributed by atoms with Crippen molar-refractivity contribution in [2.24, 2.45) is 5.92 Å². The molecule has 0 N–H and O–H groups in total. The predicted molar refractivity (Wildman–Crippen MR) is 57.8 cm³/mol. The number of alkyl halides is 1. The molecule has 0 aromatic carbocycles. The maximum absolute atomic E-state index is 3.51. The van der Waals surface area contributed by atoms with Crippen LogP contribution in [-0.2, 0) is 0 Å². The van der Waals surface area contributed by atoms with E-state index in [9.17, 15) is 0 Å². The van der Waals surface area contributed by atoms with Crippen molar-refractivity contribution < 1.29 is 0 Å². The quantitative estimate of drug-likeness (QED) is 0.639. The second-order valence-corrected chi connectivity index (χ2v) is 4.93. The van der Waals surface area contributed by atoms with Crippen molar-refractivity contribution in [2.75, 3.05) is 18.4 Å². The smallest absolute Gasteiger partial charge is 0.0159 e. The van der Waals surface area contributed by atoms with Crippen molar-refractivity contribution in [3.63, 3.8) is 0 Å². The molecule has 1 aliphatic rings. The van der Waals surface area contributed by atoms with Gasteiger partial charge in [-0.25, -0.2) is 0 Å². The van der Waals surface area contributed by atoms with Crippen molar-refractivity contribution in [1.29, 1.82) is 0 Å². The fraction of sp³-hybridized carbons (Fsp3) is 1.00. The second-order valence-electron chi connectivity index (χ2n) is 4.14. The average Bonchev–Trinajstić information content (AvgIpc) is 2.79. The summed E-state index contributed by atoms with van der Waals surface area (Å²) >= 11 is 3.51. The predicted octanol–water partition coefficient (Wildman–Crippen LogP) is 2.89. The molecule has 0 spiro atoms. The van der Waals surface area contributed by atoms with Gasteiger partial charge < -0.3 is 0 Å². The van der Waals surface area contributed by atoms with Crippen LogP contribution in [0.25, 0.3) is 0 Å². The first-order valence-electron chi connectivity index (χ1n) is 5.04. The van der Waals surface area contributed by atoms with E-state index in [-0.39, 0.29) is 0 Å². The monoisotopic (exact) mass is 233 g/mol. The van der Waals surface area contributed by atoms with Gasteiger partial charge >= 0.3 is 0 Å². The zero-order valence-electron chi connectivity index (χ0n) is 8.22. The second kappa shape index (κ2) is 5.23. The first-order chi connectivity index (χ1) is 5.74. The Morgan fingerprint density at radius 1 is 1.33 bits per heavy atom. The van der Waals surface area contributed by atoms with Gasteiger partial charge in [0.1, 0.15) is 0 Å². The summed E-state index contributed by atoms with van der Waals surface area (Å²) in [5.41, 5.74) is 0. The molecule has 0 atom stereocenters. The van der Waals surface area contributed by atoms with E-state index in [0.717, 1.165) is 17.3 Å². The van der Waals surface area contributed by atoms with E-state index in [4.69, 9.17) is 0 Å². The third-order valence-corrected chi connectivity index (χ3v) is 2.78. The minimum atomic E-state index is 0.849. The lowest BCUT2D eigenvalue weighted by Gasteiger charge is -2.21. The maximum Gasteiger partial charge on any atom is 0.0159 e. The van der Waals surface area contributed by atoms with Crippen LogP contribution in [0.15, 0.2) is 0 Å². The van der Waals surface area contributed by atoms with Gasteiger partial charge in [-0.3, -0.25) is 4.90 Å². The van der Waals surface area contributed by atoms with E-state index in [1.807, 2.05) is 0 Å². The summed E-state index contributed by atoms with van der Waals surface area (Å²) in [6, 6.07) is 0.932. The van der Waals surface area contributed by atoms with E-state index >= 15 is 0 Å². The lowest BCUT2D eigenvalue weighted by molar-refractivity contribution is 0.263. The molecule has 72 valence electrons. The number of halogens is 1. The molecule has 0 aliphatic heterocycles. The summed E-state index contributed by atoms with van der Waals surface area (Å²) in [5, 5.41) is 1.13. The van der Waals surface area contributed by atoms with Crippen LogP contribution < -0.4 is 0 Å². The van der Waals surface area contributed by atoms with Gasteiger partial charge in [-0.2, -0.15) is 0 Å². The van der Waals surface area contributed by atoms with E-state index in [1.54, 1.807) is 0 Å². The summed E-state index contributed by atoms with van der Waals surface area (Å²) in [6.45, 7) is 7.14. The highest BCUT2D eigenvalue weighted by Gasteiger charge is 2.27. The van der Waals surface area contributed by atoms with Gasteiger partial charge in [0.2, 0.25) is 0 Å².